The summed E-state index contributed by atoms with van der Waals surface area (Å²) >= 11 is 0. The van der Waals surface area contributed by atoms with Crippen LogP contribution in [0.15, 0.2) is 10.2 Å². The lowest BCUT2D eigenvalue weighted by molar-refractivity contribution is -0.138. The fourth-order valence-electron chi connectivity index (χ4n) is 1.97. The SMILES string of the molecule is CC(C#N)(CCCCC(=O)O)/N=N/C(C)(C#N)CCCCC(=O)O. The summed E-state index contributed by atoms with van der Waals surface area (Å²) in [6.07, 6.45) is 2.76. The van der Waals surface area contributed by atoms with E-state index in [4.69, 9.17) is 10.2 Å². The van der Waals surface area contributed by atoms with E-state index in [1.54, 1.807) is 13.8 Å². The minimum absolute atomic E-state index is 0.0398. The lowest BCUT2D eigenvalue weighted by Crippen LogP contribution is -2.23. The lowest BCUT2D eigenvalue weighted by atomic mass is 9.96. The van der Waals surface area contributed by atoms with Crippen LogP contribution in [0.1, 0.15) is 65.2 Å². The number of aliphatic carboxylic acids is 2. The molecule has 0 radical (unpaired) electrons. The first-order valence-corrected chi connectivity index (χ1v) is 7.86. The third-order valence-corrected chi connectivity index (χ3v) is 3.58. The number of rotatable bonds is 12. The van der Waals surface area contributed by atoms with Crippen molar-refractivity contribution in [3.63, 3.8) is 0 Å². The largest absolute Gasteiger partial charge is 0.481 e. The first-order valence-electron chi connectivity index (χ1n) is 7.86. The Morgan fingerprint density at radius 2 is 1.17 bits per heavy atom. The monoisotopic (exact) mass is 336 g/mol. The van der Waals surface area contributed by atoms with E-state index in [2.05, 4.69) is 22.4 Å². The molecule has 0 aromatic carbocycles. The van der Waals surface area contributed by atoms with Gasteiger partial charge in [0.15, 0.2) is 11.1 Å². The highest BCUT2D eigenvalue weighted by Gasteiger charge is 2.28. The Labute approximate surface area is 141 Å². The number of hydrogen-bond acceptors (Lipinski definition) is 6. The molecule has 8 heteroatoms. The summed E-state index contributed by atoms with van der Waals surface area (Å²) in [7, 11) is 0. The Kier molecular flexibility index (Phi) is 9.26. The van der Waals surface area contributed by atoms with Crippen molar-refractivity contribution >= 4 is 11.9 Å². The molecular weight excluding hydrogens is 312 g/mol. The molecule has 0 spiro atoms. The molecule has 0 fully saturated rings. The van der Waals surface area contributed by atoms with Gasteiger partial charge in [0.05, 0.1) is 12.1 Å². The highest BCUT2D eigenvalue weighted by atomic mass is 16.4. The second-order valence-corrected chi connectivity index (χ2v) is 6.17. The first-order chi connectivity index (χ1) is 11.2. The van der Waals surface area contributed by atoms with Crippen LogP contribution in [0, 0.1) is 22.7 Å². The maximum absolute atomic E-state index is 10.5. The van der Waals surface area contributed by atoms with Crippen molar-refractivity contribution in [2.24, 2.45) is 10.2 Å². The number of nitriles is 2. The molecule has 0 aromatic heterocycles. The van der Waals surface area contributed by atoms with E-state index in [0.29, 0.717) is 38.5 Å². The van der Waals surface area contributed by atoms with E-state index in [-0.39, 0.29) is 12.8 Å². The molecule has 24 heavy (non-hydrogen) atoms. The van der Waals surface area contributed by atoms with Crippen LogP contribution in [-0.4, -0.2) is 33.2 Å². The van der Waals surface area contributed by atoms with Crippen molar-refractivity contribution in [3.8, 4) is 12.1 Å². The minimum atomic E-state index is -1.10. The molecule has 0 amide bonds. The summed E-state index contributed by atoms with van der Waals surface area (Å²) in [5, 5.41) is 43.8. The maximum atomic E-state index is 10.5. The molecule has 0 heterocycles. The molecular formula is C16H24N4O4. The molecule has 0 aliphatic heterocycles. The lowest BCUT2D eigenvalue weighted by Gasteiger charge is -2.19. The van der Waals surface area contributed by atoms with Gasteiger partial charge in [-0.3, -0.25) is 9.59 Å². The number of unbranched alkanes of at least 4 members (excludes halogenated alkanes) is 2. The fraction of sp³-hybridized carbons (Fsp3) is 0.750. The average molecular weight is 336 g/mol. The van der Waals surface area contributed by atoms with Crippen molar-refractivity contribution in [2.45, 2.75) is 76.3 Å². The topological polar surface area (TPSA) is 147 Å². The molecule has 0 aliphatic carbocycles. The fourth-order valence-corrected chi connectivity index (χ4v) is 1.97. The van der Waals surface area contributed by atoms with Crippen LogP contribution in [-0.2, 0) is 9.59 Å². The highest BCUT2D eigenvalue weighted by molar-refractivity contribution is 5.66. The van der Waals surface area contributed by atoms with Crippen molar-refractivity contribution in [2.75, 3.05) is 0 Å². The van der Waals surface area contributed by atoms with Gasteiger partial charge in [0.25, 0.3) is 0 Å². The molecule has 0 saturated carbocycles. The Morgan fingerprint density at radius 1 is 0.833 bits per heavy atom. The van der Waals surface area contributed by atoms with Gasteiger partial charge in [0.2, 0.25) is 0 Å². The van der Waals surface area contributed by atoms with Gasteiger partial charge in [0.1, 0.15) is 0 Å². The second kappa shape index (κ2) is 10.3. The zero-order valence-electron chi connectivity index (χ0n) is 14.2. The minimum Gasteiger partial charge on any atom is -0.481 e. The molecule has 0 rings (SSSR count). The van der Waals surface area contributed by atoms with E-state index in [1.807, 2.05) is 0 Å². The summed E-state index contributed by atoms with van der Waals surface area (Å²) in [4.78, 5) is 21.0. The Morgan fingerprint density at radius 3 is 1.42 bits per heavy atom. The van der Waals surface area contributed by atoms with Crippen molar-refractivity contribution in [1.82, 2.24) is 0 Å². The van der Waals surface area contributed by atoms with E-state index >= 15 is 0 Å². The highest BCUT2D eigenvalue weighted by Crippen LogP contribution is 2.24. The van der Waals surface area contributed by atoms with Crippen molar-refractivity contribution in [1.29, 1.82) is 10.5 Å². The van der Waals surface area contributed by atoms with Crippen LogP contribution in [0.2, 0.25) is 0 Å². The predicted octanol–water partition coefficient (Wildman–Crippen LogP) is 3.29. The Balaban J connectivity index is 4.62. The molecule has 0 aromatic rings. The van der Waals surface area contributed by atoms with Crippen LogP contribution in [0.3, 0.4) is 0 Å². The normalized spacial score (nSPS) is 15.8. The van der Waals surface area contributed by atoms with Gasteiger partial charge >= 0.3 is 11.9 Å². The molecule has 2 atom stereocenters. The predicted molar refractivity (Wildman–Crippen MR) is 85.1 cm³/mol. The number of carbonyl (C=O) groups is 2. The van der Waals surface area contributed by atoms with Gasteiger partial charge in [0, 0.05) is 12.8 Å². The number of azo groups is 1. The quantitative estimate of drug-likeness (QED) is 0.413. The van der Waals surface area contributed by atoms with Gasteiger partial charge in [-0.05, 0) is 52.4 Å². The zero-order chi connectivity index (χ0) is 18.6. The van der Waals surface area contributed by atoms with E-state index in [9.17, 15) is 20.1 Å². The summed E-state index contributed by atoms with van der Waals surface area (Å²) in [6, 6.07) is 4.10. The standard InChI is InChI=1S/C16H24N4O4/c1-15(11-17,9-5-3-7-13(21)22)19-20-16(2,12-18)10-6-4-8-14(23)24/h3-10H2,1-2H3,(H,21,22)(H,23,24)/b20-19+. The number of carboxylic acids is 2. The summed E-state index contributed by atoms with van der Waals surface area (Å²) in [5.74, 6) is -1.76. The molecule has 0 saturated heterocycles. The van der Waals surface area contributed by atoms with Gasteiger partial charge in [-0.15, -0.1) is 0 Å². The van der Waals surface area contributed by atoms with Crippen LogP contribution < -0.4 is 0 Å². The van der Waals surface area contributed by atoms with Gasteiger partial charge in [-0.1, -0.05) is 0 Å². The van der Waals surface area contributed by atoms with E-state index < -0.39 is 23.0 Å². The summed E-state index contributed by atoms with van der Waals surface area (Å²) in [6.45, 7) is 3.19. The second-order valence-electron chi connectivity index (χ2n) is 6.17. The van der Waals surface area contributed by atoms with Crippen molar-refractivity contribution in [3.05, 3.63) is 0 Å². The Bertz CT molecular complexity index is 501. The third kappa shape index (κ3) is 9.52. The van der Waals surface area contributed by atoms with Crippen LogP contribution in [0.4, 0.5) is 0 Å². The smallest absolute Gasteiger partial charge is 0.303 e. The Hall–Kier alpha value is -2.48. The molecule has 132 valence electrons. The first kappa shape index (κ1) is 21.5. The van der Waals surface area contributed by atoms with Crippen molar-refractivity contribution < 1.29 is 19.8 Å². The molecule has 0 bridgehead atoms. The number of carboxylic acid groups (broad SMARTS) is 2. The summed E-state index contributed by atoms with van der Waals surface area (Å²) < 4.78 is 0. The van der Waals surface area contributed by atoms with Crippen LogP contribution in [0.5, 0.6) is 0 Å². The zero-order valence-corrected chi connectivity index (χ0v) is 14.2. The number of hydrogen-bond donors (Lipinski definition) is 2. The summed E-state index contributed by atoms with van der Waals surface area (Å²) in [5.41, 5.74) is -2.20. The molecule has 2 N–H and O–H groups in total. The third-order valence-electron chi connectivity index (χ3n) is 3.58. The average Bonchev–Trinajstić information content (AvgIpc) is 2.53. The van der Waals surface area contributed by atoms with E-state index in [0.717, 1.165) is 0 Å². The maximum Gasteiger partial charge on any atom is 0.303 e. The van der Waals surface area contributed by atoms with Crippen LogP contribution in [0.25, 0.3) is 0 Å². The van der Waals surface area contributed by atoms with Gasteiger partial charge in [-0.2, -0.15) is 20.8 Å². The van der Waals surface area contributed by atoms with Gasteiger partial charge in [-0.25, -0.2) is 0 Å². The number of nitrogens with zero attached hydrogens (tertiary/aromatic N) is 4. The van der Waals surface area contributed by atoms with E-state index in [1.165, 1.54) is 0 Å². The van der Waals surface area contributed by atoms with Crippen LogP contribution >= 0.6 is 0 Å². The molecule has 8 nitrogen and oxygen atoms in total. The van der Waals surface area contributed by atoms with Gasteiger partial charge < -0.3 is 10.2 Å². The molecule has 0 aliphatic rings. The molecule has 2 unspecified atom stereocenters.